The van der Waals surface area contributed by atoms with Crippen molar-refractivity contribution in [1.29, 1.82) is 0 Å². The molecule has 0 radical (unpaired) electrons. The number of anilines is 2. The zero-order valence-electron chi connectivity index (χ0n) is 26.7. The van der Waals surface area contributed by atoms with Crippen LogP contribution in [-0.4, -0.2) is 39.1 Å². The van der Waals surface area contributed by atoms with E-state index in [1.807, 2.05) is 0 Å². The van der Waals surface area contributed by atoms with Gasteiger partial charge in [-0.25, -0.2) is 0 Å². The maximum absolute atomic E-state index is 13.6. The molecule has 238 valence electrons. The number of hydrogen-bond donors (Lipinski definition) is 1. The third-order valence-electron chi connectivity index (χ3n) is 7.01. The Morgan fingerprint density at radius 3 is 2.28 bits per heavy atom. The molecule has 0 saturated carbocycles. The van der Waals surface area contributed by atoms with Gasteiger partial charge >= 0.3 is 175 Å². The van der Waals surface area contributed by atoms with Crippen molar-refractivity contribution in [3.8, 4) is 5.75 Å². The molecule has 0 aliphatic carbocycles. The van der Waals surface area contributed by atoms with Gasteiger partial charge in [-0.15, -0.1) is 11.9 Å². The summed E-state index contributed by atoms with van der Waals surface area (Å²) >= 11 is -0.258. The summed E-state index contributed by atoms with van der Waals surface area (Å²) in [6.07, 6.45) is 2.31. The summed E-state index contributed by atoms with van der Waals surface area (Å²) in [7, 11) is 12.0. The molecule has 4 rings (SSSR count). The van der Waals surface area contributed by atoms with Crippen LogP contribution in [0, 0.1) is 33.3 Å². The monoisotopic (exact) mass is 735 g/mol. The minimum absolute atomic E-state index is 0.0395. The molecule has 3 aromatic rings. The molecule has 1 aliphatic rings. The zero-order chi connectivity index (χ0) is 31.9. The summed E-state index contributed by atoms with van der Waals surface area (Å²) in [4.78, 5) is 2.36. The molecule has 1 heterocycles. The summed E-state index contributed by atoms with van der Waals surface area (Å²) in [5.74, 6) is 0.631. The molecule has 1 saturated heterocycles. The minimum atomic E-state index is -2.04. The molecular weight excluding hydrogens is 689 g/mol. The first kappa shape index (κ1) is 35.8. The van der Waals surface area contributed by atoms with Crippen LogP contribution in [0.3, 0.4) is 0 Å². The summed E-state index contributed by atoms with van der Waals surface area (Å²) in [5, 5.41) is 3.47. The van der Waals surface area contributed by atoms with Crippen molar-refractivity contribution in [1.82, 2.24) is 4.31 Å². The molecule has 4 nitrogen and oxygen atoms in total. The fourth-order valence-electron chi connectivity index (χ4n) is 5.04. The summed E-state index contributed by atoms with van der Waals surface area (Å²) in [6, 6.07) is 15.6. The first-order valence-electron chi connectivity index (χ1n) is 14.4. The average molecular weight is 736 g/mol. The normalized spacial score (nSPS) is 14.0. The fourth-order valence-corrected chi connectivity index (χ4v) is 7.37. The molecule has 43 heavy (non-hydrogen) atoms. The Kier molecular flexibility index (Phi) is 13.4. The van der Waals surface area contributed by atoms with Gasteiger partial charge < -0.3 is 9.21 Å². The van der Waals surface area contributed by atoms with E-state index in [9.17, 15) is 4.39 Å². The first-order chi connectivity index (χ1) is 20.2. The van der Waals surface area contributed by atoms with Gasteiger partial charge in [-0.05, 0) is 44.7 Å². The number of ether oxygens (including phenoxy) is 1. The first-order valence-corrected chi connectivity index (χ1v) is 21.0. The maximum atomic E-state index is 13.6. The van der Waals surface area contributed by atoms with E-state index in [0.717, 1.165) is 35.7 Å². The summed E-state index contributed by atoms with van der Waals surface area (Å²) < 4.78 is 22.4. The number of nitrogens with one attached hydrogen (secondary N) is 1. The van der Waals surface area contributed by atoms with Gasteiger partial charge in [0.1, 0.15) is 0 Å². The topological polar surface area (TPSA) is 31.3 Å². The van der Waals surface area contributed by atoms with Crippen molar-refractivity contribution in [3.05, 3.63) is 94.4 Å². The SMILES string of the molecule is CC(C)[OH+]c1ccc(C(C)(C)C)cc1NCc1ccc(F)cc1[CH]=[Ru]([Cl])[Cl].CSN1[CH-]N(c2c(C)cc(C)cc2C)CC1. The van der Waals surface area contributed by atoms with Gasteiger partial charge in [0, 0.05) is 12.2 Å². The van der Waals surface area contributed by atoms with E-state index in [-0.39, 0.29) is 17.3 Å². The average Bonchev–Trinajstić information content (AvgIpc) is 3.36. The molecule has 2 N–H and O–H groups in total. The number of aryl methyl sites for hydroxylation is 3. The van der Waals surface area contributed by atoms with Gasteiger partial charge in [0.15, 0.2) is 0 Å². The number of rotatable bonds is 8. The molecular formula is C34H46Cl2FN3ORuS. The fraction of sp³-hybridized carbons (Fsp3) is 0.412. The maximum Gasteiger partial charge on any atom is 0.0142 e. The number of nitrogens with zero attached hydrogens (tertiary/aromatic N) is 2. The Hall–Kier alpha value is -1.63. The second-order valence-corrected chi connectivity index (χ2v) is 18.6. The minimum Gasteiger partial charge on any atom is -0.506 e. The van der Waals surface area contributed by atoms with Crippen molar-refractivity contribution in [2.45, 2.75) is 73.5 Å². The smallest absolute Gasteiger partial charge is 0.0142 e. The van der Waals surface area contributed by atoms with Gasteiger partial charge in [0.25, 0.3) is 0 Å². The summed E-state index contributed by atoms with van der Waals surface area (Å²) in [6.45, 7) is 22.2. The number of aromatic hydroxyl groups is 1. The van der Waals surface area contributed by atoms with Gasteiger partial charge in [-0.1, -0.05) is 17.7 Å². The van der Waals surface area contributed by atoms with Crippen molar-refractivity contribution < 1.29 is 22.6 Å². The van der Waals surface area contributed by atoms with Crippen LogP contribution >= 0.6 is 31.3 Å². The van der Waals surface area contributed by atoms with Crippen LogP contribution in [0.25, 0.3) is 0 Å². The molecule has 0 aromatic heterocycles. The van der Waals surface area contributed by atoms with E-state index in [4.69, 9.17) is 24.1 Å². The zero-order valence-corrected chi connectivity index (χ0v) is 30.8. The molecule has 0 atom stereocenters. The van der Waals surface area contributed by atoms with E-state index in [2.05, 4.69) is 113 Å². The van der Waals surface area contributed by atoms with Gasteiger partial charge in [0.05, 0.1) is 0 Å². The molecule has 1 fully saturated rings. The second kappa shape index (κ2) is 16.1. The molecule has 1 aliphatic heterocycles. The van der Waals surface area contributed by atoms with E-state index in [1.54, 1.807) is 22.6 Å². The van der Waals surface area contributed by atoms with Crippen molar-refractivity contribution >= 4 is 47.3 Å². The predicted octanol–water partition coefficient (Wildman–Crippen LogP) is 9.59. The largest absolute Gasteiger partial charge is 0.506 e. The van der Waals surface area contributed by atoms with Crippen LogP contribution in [0.5, 0.6) is 5.75 Å². The van der Waals surface area contributed by atoms with Crippen LogP contribution in [0.2, 0.25) is 0 Å². The quantitative estimate of drug-likeness (QED) is 0.0822. The molecule has 0 spiro atoms. The molecule has 3 aromatic carbocycles. The van der Waals surface area contributed by atoms with E-state index >= 15 is 0 Å². The number of hydrogen-bond acceptors (Lipinski definition) is 4. The Balaban J connectivity index is 0.000000268. The summed E-state index contributed by atoms with van der Waals surface area (Å²) in [5.41, 5.74) is 9.41. The van der Waals surface area contributed by atoms with Crippen molar-refractivity contribution in [3.63, 3.8) is 0 Å². The Morgan fingerprint density at radius 2 is 1.72 bits per heavy atom. The standard InChI is InChI=1S/C21H26FNO.C13H19N2S.2ClH.Ru/c1-14(2)24-20-10-8-17(21(4,5)6)12-19(20)23-13-16-7-9-18(22)11-15(16)3;1-10-7-11(2)13(12(3)8-10)14-5-6-15(9-14)16-4;;;/h3,7-12,14,23H,13H2,1-2,4-6H3;7-9H,5-6H2,1-4H3;2*1H;/q;-1;;;+2/p-1. The Morgan fingerprint density at radius 1 is 1.05 bits per heavy atom. The third-order valence-corrected chi connectivity index (χ3v) is 9.59. The second-order valence-electron chi connectivity index (χ2n) is 12.1. The van der Waals surface area contributed by atoms with Crippen LogP contribution in [-0.2, 0) is 25.5 Å². The number of benzene rings is 3. The van der Waals surface area contributed by atoms with Crippen LogP contribution in [0.15, 0.2) is 48.5 Å². The number of aliphatic hydroxyl groups is 1. The Labute approximate surface area is 275 Å². The van der Waals surface area contributed by atoms with Gasteiger partial charge in [-0.3, -0.25) is 0 Å². The van der Waals surface area contributed by atoms with Gasteiger partial charge in [0.2, 0.25) is 0 Å². The van der Waals surface area contributed by atoms with Gasteiger partial charge in [-0.2, -0.15) is 6.67 Å². The number of halogens is 3. The molecule has 0 bridgehead atoms. The molecule has 0 unspecified atom stereocenters. The molecule has 0 amide bonds. The van der Waals surface area contributed by atoms with Crippen LogP contribution in [0.1, 0.15) is 68.0 Å². The predicted molar refractivity (Wildman–Crippen MR) is 185 cm³/mol. The van der Waals surface area contributed by atoms with Crippen LogP contribution in [0.4, 0.5) is 15.8 Å². The molecule has 9 heteroatoms. The van der Waals surface area contributed by atoms with E-state index in [0.29, 0.717) is 6.54 Å². The third kappa shape index (κ3) is 10.7. The van der Waals surface area contributed by atoms with E-state index < -0.39 is 13.5 Å². The van der Waals surface area contributed by atoms with E-state index in [1.165, 1.54) is 40.1 Å². The Bertz CT molecular complexity index is 1400. The van der Waals surface area contributed by atoms with Crippen molar-refractivity contribution in [2.24, 2.45) is 0 Å². The van der Waals surface area contributed by atoms with Crippen LogP contribution < -0.4 is 10.2 Å². The van der Waals surface area contributed by atoms with Crippen molar-refractivity contribution in [2.75, 3.05) is 29.6 Å².